The number of phenols is 1. The summed E-state index contributed by atoms with van der Waals surface area (Å²) in [6, 6.07) is 14.0. The SMILES string of the molecule is CCCCCCCCCc1ccc(C(CCCCC(=O)O)Sc2ccc(C(C)=O)c(O)c2)cc1.[H-].[Na+]. The fraction of sp³-hybridized carbons (Fsp3) is 0.517. The molecule has 0 fully saturated rings. The molecule has 0 saturated carbocycles. The molecule has 0 aliphatic carbocycles. The van der Waals surface area contributed by atoms with E-state index in [0.29, 0.717) is 12.0 Å². The predicted molar refractivity (Wildman–Crippen MR) is 142 cm³/mol. The zero-order valence-electron chi connectivity index (χ0n) is 22.7. The first kappa shape index (κ1) is 31.8. The van der Waals surface area contributed by atoms with E-state index in [9.17, 15) is 14.7 Å². The Balaban J connectivity index is 0.00000612. The van der Waals surface area contributed by atoms with Crippen LogP contribution in [0.1, 0.15) is 113 Å². The summed E-state index contributed by atoms with van der Waals surface area (Å²) in [4.78, 5) is 23.4. The van der Waals surface area contributed by atoms with Gasteiger partial charge in [0, 0.05) is 16.6 Å². The summed E-state index contributed by atoms with van der Waals surface area (Å²) in [5.74, 6) is -0.911. The summed E-state index contributed by atoms with van der Waals surface area (Å²) in [6.45, 7) is 3.69. The first-order valence-corrected chi connectivity index (χ1v) is 13.6. The van der Waals surface area contributed by atoms with Crippen molar-refractivity contribution in [3.8, 4) is 5.75 Å². The van der Waals surface area contributed by atoms with Gasteiger partial charge in [-0.3, -0.25) is 9.59 Å². The molecule has 0 bridgehead atoms. The van der Waals surface area contributed by atoms with E-state index >= 15 is 0 Å². The Morgan fingerprint density at radius 2 is 1.57 bits per heavy atom. The Morgan fingerprint density at radius 3 is 2.17 bits per heavy atom. The third kappa shape index (κ3) is 12.5. The number of aryl methyl sites for hydroxylation is 1. The molecule has 0 aliphatic rings. The number of rotatable bonds is 17. The molecule has 0 saturated heterocycles. The number of carboxylic acid groups (broad SMARTS) is 1. The first-order chi connectivity index (χ1) is 16.4. The molecule has 0 amide bonds. The molecule has 2 rings (SSSR count). The van der Waals surface area contributed by atoms with Crippen LogP contribution < -0.4 is 29.6 Å². The standard InChI is InChI=1S/C29H40O4S.Na.H/c1-3-4-5-6-7-8-9-12-23-15-17-24(18-16-23)28(13-10-11-14-29(32)33)34-25-19-20-26(22(2)30)27(31)21-25;;/h15-21,28,31H,3-14H2,1-2H3,(H,32,33);;/q;+1;-1. The van der Waals surface area contributed by atoms with Crippen molar-refractivity contribution in [1.82, 2.24) is 0 Å². The van der Waals surface area contributed by atoms with Crippen molar-refractivity contribution < 1.29 is 50.8 Å². The van der Waals surface area contributed by atoms with Gasteiger partial charge in [-0.1, -0.05) is 76.1 Å². The van der Waals surface area contributed by atoms with E-state index in [0.717, 1.165) is 24.2 Å². The van der Waals surface area contributed by atoms with Gasteiger partial charge >= 0.3 is 35.5 Å². The van der Waals surface area contributed by atoms with Crippen molar-refractivity contribution >= 4 is 23.5 Å². The molecule has 188 valence electrons. The number of carbonyl (C=O) groups is 2. The molecule has 2 N–H and O–H groups in total. The largest absolute Gasteiger partial charge is 1.00 e. The summed E-state index contributed by atoms with van der Waals surface area (Å²) >= 11 is 1.65. The van der Waals surface area contributed by atoms with Gasteiger partial charge in [0.05, 0.1) is 5.56 Å². The number of carboxylic acids is 1. The number of phenolic OH excluding ortho intramolecular Hbond substituents is 1. The molecule has 0 radical (unpaired) electrons. The molecule has 2 aromatic rings. The van der Waals surface area contributed by atoms with Gasteiger partial charge in [-0.05, 0) is 61.9 Å². The number of carbonyl (C=O) groups excluding carboxylic acids is 1. The smallest absolute Gasteiger partial charge is 1.00 e. The summed E-state index contributed by atoms with van der Waals surface area (Å²) in [5.41, 5.74) is 2.89. The molecule has 0 heterocycles. The number of hydrogen-bond donors (Lipinski definition) is 2. The van der Waals surface area contributed by atoms with Crippen LogP contribution in [0.4, 0.5) is 0 Å². The van der Waals surface area contributed by atoms with Crippen molar-refractivity contribution in [2.75, 3.05) is 0 Å². The normalized spacial score (nSPS) is 11.6. The molecule has 6 heteroatoms. The second-order valence-electron chi connectivity index (χ2n) is 9.09. The third-order valence-electron chi connectivity index (χ3n) is 6.15. The monoisotopic (exact) mass is 508 g/mol. The zero-order valence-corrected chi connectivity index (χ0v) is 24.5. The average molecular weight is 509 g/mol. The van der Waals surface area contributed by atoms with Gasteiger partial charge in [0.15, 0.2) is 5.78 Å². The van der Waals surface area contributed by atoms with Gasteiger partial charge in [-0.15, -0.1) is 11.8 Å². The fourth-order valence-corrected chi connectivity index (χ4v) is 5.36. The molecule has 0 spiro atoms. The molecule has 2 aromatic carbocycles. The molecule has 0 aromatic heterocycles. The number of benzene rings is 2. The topological polar surface area (TPSA) is 74.6 Å². The predicted octanol–water partition coefficient (Wildman–Crippen LogP) is 5.48. The maximum Gasteiger partial charge on any atom is 1.00 e. The zero-order chi connectivity index (χ0) is 24.8. The van der Waals surface area contributed by atoms with Crippen molar-refractivity contribution in [2.24, 2.45) is 0 Å². The second-order valence-corrected chi connectivity index (χ2v) is 10.4. The Morgan fingerprint density at radius 1 is 0.914 bits per heavy atom. The number of unbranched alkanes of at least 4 members (excludes halogenated alkanes) is 7. The van der Waals surface area contributed by atoms with E-state index in [1.165, 1.54) is 63.0 Å². The summed E-state index contributed by atoms with van der Waals surface area (Å²) in [6.07, 6.45) is 12.8. The molecule has 35 heavy (non-hydrogen) atoms. The first-order valence-electron chi connectivity index (χ1n) is 12.7. The number of Topliss-reactive ketones (excluding diaryl/α,β-unsaturated/α-hetero) is 1. The van der Waals surface area contributed by atoms with Crippen LogP contribution >= 0.6 is 11.8 Å². The van der Waals surface area contributed by atoms with Gasteiger partial charge in [0.2, 0.25) is 0 Å². The summed E-state index contributed by atoms with van der Waals surface area (Å²) in [5, 5.41) is 19.3. The fourth-order valence-electron chi connectivity index (χ4n) is 4.13. The molecular weight excluding hydrogens is 467 g/mol. The van der Waals surface area contributed by atoms with E-state index in [1.807, 2.05) is 6.07 Å². The number of ketones is 1. The maximum absolute atomic E-state index is 11.6. The number of aliphatic carboxylic acids is 1. The Labute approximate surface area is 239 Å². The van der Waals surface area contributed by atoms with Crippen LogP contribution in [0.25, 0.3) is 0 Å². The van der Waals surface area contributed by atoms with Crippen LogP contribution in [-0.2, 0) is 11.2 Å². The summed E-state index contributed by atoms with van der Waals surface area (Å²) in [7, 11) is 0. The van der Waals surface area contributed by atoms with Crippen molar-refractivity contribution in [1.29, 1.82) is 0 Å². The Hall–Kier alpha value is -1.27. The number of thioether (sulfide) groups is 1. The average Bonchev–Trinajstić information content (AvgIpc) is 2.80. The number of aromatic hydroxyl groups is 1. The minimum atomic E-state index is -0.760. The van der Waals surface area contributed by atoms with Gasteiger partial charge < -0.3 is 11.6 Å². The van der Waals surface area contributed by atoms with Crippen LogP contribution in [0.15, 0.2) is 47.4 Å². The van der Waals surface area contributed by atoms with Crippen molar-refractivity contribution in [2.45, 2.75) is 101 Å². The molecular formula is C29H41NaO4S. The third-order valence-corrected chi connectivity index (χ3v) is 7.47. The van der Waals surface area contributed by atoms with Gasteiger partial charge in [0.1, 0.15) is 5.75 Å². The van der Waals surface area contributed by atoms with E-state index in [2.05, 4.69) is 31.2 Å². The minimum absolute atomic E-state index is 0. The Bertz CT molecular complexity index is 905. The van der Waals surface area contributed by atoms with Crippen LogP contribution in [0.2, 0.25) is 0 Å². The number of hydrogen-bond acceptors (Lipinski definition) is 4. The quantitative estimate of drug-likeness (QED) is 0.128. The van der Waals surface area contributed by atoms with E-state index in [4.69, 9.17) is 5.11 Å². The van der Waals surface area contributed by atoms with E-state index in [-0.39, 0.29) is 54.2 Å². The van der Waals surface area contributed by atoms with Crippen molar-refractivity contribution in [3.05, 3.63) is 59.2 Å². The minimum Gasteiger partial charge on any atom is -1.00 e. The molecule has 1 unspecified atom stereocenters. The summed E-state index contributed by atoms with van der Waals surface area (Å²) < 4.78 is 0. The van der Waals surface area contributed by atoms with Crippen molar-refractivity contribution in [3.63, 3.8) is 0 Å². The maximum atomic E-state index is 11.6. The van der Waals surface area contributed by atoms with Crippen LogP contribution in [0, 0.1) is 0 Å². The Kier molecular flexibility index (Phi) is 16.4. The van der Waals surface area contributed by atoms with Crippen LogP contribution in [0.5, 0.6) is 5.75 Å². The van der Waals surface area contributed by atoms with Crippen LogP contribution in [-0.4, -0.2) is 22.0 Å². The van der Waals surface area contributed by atoms with E-state index < -0.39 is 5.97 Å². The van der Waals surface area contributed by atoms with Crippen LogP contribution in [0.3, 0.4) is 0 Å². The second kappa shape index (κ2) is 18.0. The van der Waals surface area contributed by atoms with E-state index in [1.54, 1.807) is 23.9 Å². The molecule has 4 nitrogen and oxygen atoms in total. The van der Waals surface area contributed by atoms with Gasteiger partial charge in [-0.25, -0.2) is 0 Å². The van der Waals surface area contributed by atoms with Gasteiger partial charge in [-0.2, -0.15) is 0 Å². The molecule has 1 atom stereocenters. The van der Waals surface area contributed by atoms with Gasteiger partial charge in [0.25, 0.3) is 0 Å². The molecule has 0 aliphatic heterocycles.